The van der Waals surface area contributed by atoms with Gasteiger partial charge in [-0.15, -0.1) is 11.6 Å². The summed E-state index contributed by atoms with van der Waals surface area (Å²) < 4.78 is 6.37. The van der Waals surface area contributed by atoms with Gasteiger partial charge >= 0.3 is 12.0 Å². The number of ether oxygens (including phenoxy) is 1. The van der Waals surface area contributed by atoms with E-state index in [2.05, 4.69) is 4.98 Å². The van der Waals surface area contributed by atoms with Gasteiger partial charge in [0.2, 0.25) is 5.82 Å². The minimum Gasteiger partial charge on any atom is -0.441 e. The second kappa shape index (κ2) is 7.11. The zero-order chi connectivity index (χ0) is 16.2. The molecule has 0 fully saturated rings. The molecule has 21 heavy (non-hydrogen) atoms. The molecule has 0 saturated heterocycles. The summed E-state index contributed by atoms with van der Waals surface area (Å²) in [6.45, 7) is 0.348. The SMILES string of the molecule is CN(C)C(=O)OCc1c(N(C)CCCl)nc([N+](=O)[O-])n1C. The van der Waals surface area contributed by atoms with Crippen molar-refractivity contribution < 1.29 is 14.5 Å². The first-order valence-electron chi connectivity index (χ1n) is 6.10. The number of rotatable bonds is 6. The van der Waals surface area contributed by atoms with Crippen molar-refractivity contribution in [2.24, 2.45) is 7.05 Å². The van der Waals surface area contributed by atoms with Gasteiger partial charge < -0.3 is 24.7 Å². The molecule has 0 bridgehead atoms. The van der Waals surface area contributed by atoms with Crippen molar-refractivity contribution in [2.45, 2.75) is 6.61 Å². The Morgan fingerprint density at radius 1 is 1.48 bits per heavy atom. The summed E-state index contributed by atoms with van der Waals surface area (Å²) in [5.74, 6) is 0.399. The molecular formula is C11H18ClN5O4. The fourth-order valence-electron chi connectivity index (χ4n) is 1.63. The van der Waals surface area contributed by atoms with E-state index in [0.717, 1.165) is 0 Å². The maximum absolute atomic E-state index is 11.5. The number of carbonyl (C=O) groups excluding carboxylic acids is 1. The lowest BCUT2D eigenvalue weighted by Gasteiger charge is -2.15. The standard InChI is InChI=1S/C11H18ClN5O4/c1-14(2)11(18)21-7-8-9(15(3)6-5-12)13-10(16(8)4)17(19)20/h5-7H2,1-4H3. The molecule has 1 rings (SSSR count). The lowest BCUT2D eigenvalue weighted by atomic mass is 10.4. The highest BCUT2D eigenvalue weighted by Gasteiger charge is 2.28. The van der Waals surface area contributed by atoms with Crippen molar-refractivity contribution in [1.29, 1.82) is 0 Å². The number of hydrogen-bond acceptors (Lipinski definition) is 6. The Balaban J connectivity index is 3.08. The van der Waals surface area contributed by atoms with Gasteiger partial charge in [0.1, 0.15) is 0 Å². The molecule has 0 aliphatic heterocycles. The van der Waals surface area contributed by atoms with Gasteiger partial charge in [0.15, 0.2) is 12.3 Å². The quantitative estimate of drug-likeness (QED) is 0.444. The van der Waals surface area contributed by atoms with Gasteiger partial charge in [-0.2, -0.15) is 0 Å². The molecule has 118 valence electrons. The zero-order valence-electron chi connectivity index (χ0n) is 12.4. The fourth-order valence-corrected chi connectivity index (χ4v) is 1.88. The van der Waals surface area contributed by atoms with Crippen LogP contribution in [0, 0.1) is 10.1 Å². The minimum atomic E-state index is -0.588. The molecular weight excluding hydrogens is 302 g/mol. The van der Waals surface area contributed by atoms with Gasteiger partial charge in [-0.3, -0.25) is 0 Å². The molecule has 10 heteroatoms. The molecule has 1 amide bonds. The van der Waals surface area contributed by atoms with Crippen LogP contribution in [0.4, 0.5) is 16.6 Å². The summed E-state index contributed by atoms with van der Waals surface area (Å²) in [6.07, 6.45) is -0.537. The Morgan fingerprint density at radius 3 is 2.57 bits per heavy atom. The normalized spacial score (nSPS) is 10.3. The number of anilines is 1. The molecule has 0 aliphatic rings. The van der Waals surface area contributed by atoms with E-state index >= 15 is 0 Å². The largest absolute Gasteiger partial charge is 0.441 e. The van der Waals surface area contributed by atoms with E-state index in [0.29, 0.717) is 23.9 Å². The molecule has 0 saturated carbocycles. The van der Waals surface area contributed by atoms with E-state index in [1.54, 1.807) is 26.0 Å². The molecule has 9 nitrogen and oxygen atoms in total. The Bertz CT molecular complexity index is 531. The van der Waals surface area contributed by atoms with Crippen molar-refractivity contribution in [3.05, 3.63) is 15.8 Å². The molecule has 0 unspecified atom stereocenters. The topological polar surface area (TPSA) is 93.7 Å². The van der Waals surface area contributed by atoms with E-state index in [1.165, 1.54) is 16.5 Å². The van der Waals surface area contributed by atoms with Crippen LogP contribution in [0.2, 0.25) is 0 Å². The van der Waals surface area contributed by atoms with Crippen molar-refractivity contribution in [1.82, 2.24) is 14.5 Å². The number of nitrogens with zero attached hydrogens (tertiary/aromatic N) is 5. The third kappa shape index (κ3) is 3.97. The fraction of sp³-hybridized carbons (Fsp3) is 0.636. The Hall–Kier alpha value is -2.03. The first kappa shape index (κ1) is 17.0. The molecule has 0 radical (unpaired) electrons. The van der Waals surface area contributed by atoms with E-state index in [4.69, 9.17) is 16.3 Å². The summed E-state index contributed by atoms with van der Waals surface area (Å²) in [5, 5.41) is 11.0. The first-order chi connectivity index (χ1) is 9.79. The molecule has 0 N–H and O–H groups in total. The molecule has 0 atom stereocenters. The van der Waals surface area contributed by atoms with Crippen molar-refractivity contribution in [3.63, 3.8) is 0 Å². The number of hydrogen-bond donors (Lipinski definition) is 0. The Labute approximate surface area is 127 Å². The average Bonchev–Trinajstić information content (AvgIpc) is 2.73. The van der Waals surface area contributed by atoms with Crippen LogP contribution < -0.4 is 4.90 Å². The van der Waals surface area contributed by atoms with Gasteiger partial charge in [0, 0.05) is 33.6 Å². The number of aromatic nitrogens is 2. The van der Waals surface area contributed by atoms with Gasteiger partial charge in [-0.25, -0.2) is 9.36 Å². The van der Waals surface area contributed by atoms with Crippen LogP contribution >= 0.6 is 11.6 Å². The van der Waals surface area contributed by atoms with Gasteiger partial charge in [0.25, 0.3) is 0 Å². The predicted molar refractivity (Wildman–Crippen MR) is 77.7 cm³/mol. The maximum atomic E-state index is 11.5. The summed E-state index contributed by atoms with van der Waals surface area (Å²) in [5.41, 5.74) is 0.435. The molecule has 1 aromatic rings. The Morgan fingerprint density at radius 2 is 2.10 bits per heavy atom. The van der Waals surface area contributed by atoms with Gasteiger partial charge in [0.05, 0.1) is 7.05 Å². The first-order valence-corrected chi connectivity index (χ1v) is 6.64. The van der Waals surface area contributed by atoms with Crippen LogP contribution in [-0.4, -0.2) is 59.0 Å². The minimum absolute atomic E-state index is 0.115. The highest BCUT2D eigenvalue weighted by Crippen LogP contribution is 2.24. The highest BCUT2D eigenvalue weighted by atomic mass is 35.5. The summed E-state index contributed by atoms with van der Waals surface area (Å²) >= 11 is 5.67. The Kier molecular flexibility index (Phi) is 5.77. The lowest BCUT2D eigenvalue weighted by molar-refractivity contribution is -0.396. The van der Waals surface area contributed by atoms with Crippen molar-refractivity contribution in [3.8, 4) is 0 Å². The van der Waals surface area contributed by atoms with Crippen LogP contribution in [0.25, 0.3) is 0 Å². The summed E-state index contributed by atoms with van der Waals surface area (Å²) in [7, 11) is 6.32. The molecule has 0 spiro atoms. The van der Waals surface area contributed by atoms with Crippen molar-refractivity contribution in [2.75, 3.05) is 38.5 Å². The van der Waals surface area contributed by atoms with Gasteiger partial charge in [-0.05, 0) is 9.91 Å². The number of alkyl halides is 1. The molecule has 1 heterocycles. The number of halogens is 1. The second-order valence-corrected chi connectivity index (χ2v) is 4.94. The van der Waals surface area contributed by atoms with E-state index in [1.807, 2.05) is 0 Å². The maximum Gasteiger partial charge on any atom is 0.436 e. The van der Waals surface area contributed by atoms with E-state index in [9.17, 15) is 14.9 Å². The number of nitro groups is 1. The number of amides is 1. The highest BCUT2D eigenvalue weighted by molar-refractivity contribution is 6.18. The smallest absolute Gasteiger partial charge is 0.436 e. The van der Waals surface area contributed by atoms with Crippen LogP contribution in [0.5, 0.6) is 0 Å². The molecule has 0 aromatic carbocycles. The molecule has 1 aromatic heterocycles. The lowest BCUT2D eigenvalue weighted by Crippen LogP contribution is -2.25. The second-order valence-electron chi connectivity index (χ2n) is 4.56. The monoisotopic (exact) mass is 319 g/mol. The van der Waals surface area contributed by atoms with Crippen LogP contribution in [0.3, 0.4) is 0 Å². The zero-order valence-corrected chi connectivity index (χ0v) is 13.1. The van der Waals surface area contributed by atoms with Gasteiger partial charge in [-0.1, -0.05) is 0 Å². The number of carbonyl (C=O) groups is 1. The van der Waals surface area contributed by atoms with Crippen LogP contribution in [0.1, 0.15) is 5.69 Å². The summed E-state index contributed by atoms with van der Waals surface area (Å²) in [4.78, 5) is 28.8. The number of imidazole rings is 1. The summed E-state index contributed by atoms with van der Waals surface area (Å²) in [6, 6.07) is 0. The van der Waals surface area contributed by atoms with Crippen LogP contribution in [-0.2, 0) is 18.4 Å². The molecule has 0 aliphatic carbocycles. The third-order valence-electron chi connectivity index (χ3n) is 2.81. The third-order valence-corrected chi connectivity index (χ3v) is 2.98. The van der Waals surface area contributed by atoms with E-state index < -0.39 is 11.0 Å². The van der Waals surface area contributed by atoms with Crippen molar-refractivity contribution >= 4 is 29.5 Å². The average molecular weight is 320 g/mol. The van der Waals surface area contributed by atoms with Crippen LogP contribution in [0.15, 0.2) is 0 Å². The van der Waals surface area contributed by atoms with E-state index in [-0.39, 0.29) is 12.6 Å². The predicted octanol–water partition coefficient (Wildman–Crippen LogP) is 1.20.